The molecule has 0 radical (unpaired) electrons. The molecular weight excluding hydrogens is 412 g/mol. The van der Waals surface area contributed by atoms with Crippen molar-refractivity contribution in [3.63, 3.8) is 0 Å². The topological polar surface area (TPSA) is 105 Å². The van der Waals surface area contributed by atoms with Crippen LogP contribution in [0.15, 0.2) is 70.5 Å². The van der Waals surface area contributed by atoms with Crippen molar-refractivity contribution in [2.75, 3.05) is 13.2 Å². The van der Waals surface area contributed by atoms with Crippen LogP contribution in [0.5, 0.6) is 11.5 Å². The molecule has 9 heteroatoms. The number of ketones is 1. The largest absolute Gasteiger partial charge is 0.486 e. The summed E-state index contributed by atoms with van der Waals surface area (Å²) in [6.07, 6.45) is 3.21. The highest BCUT2D eigenvalue weighted by atomic mass is 16.6. The van der Waals surface area contributed by atoms with Crippen LogP contribution in [-0.2, 0) is 13.1 Å². The Bertz CT molecular complexity index is 1390. The fourth-order valence-corrected chi connectivity index (χ4v) is 3.60. The number of nitrogens with zero attached hydrogens (tertiary/aromatic N) is 4. The van der Waals surface area contributed by atoms with E-state index in [0.717, 1.165) is 4.57 Å². The number of ether oxygens (including phenoxy) is 2. The molecule has 0 amide bonds. The third-order valence-electron chi connectivity index (χ3n) is 5.17. The summed E-state index contributed by atoms with van der Waals surface area (Å²) in [7, 11) is 0. The van der Waals surface area contributed by atoms with Gasteiger partial charge >= 0.3 is 5.69 Å². The Balaban J connectivity index is 1.48. The van der Waals surface area contributed by atoms with Crippen molar-refractivity contribution in [1.29, 1.82) is 0 Å². The van der Waals surface area contributed by atoms with E-state index in [0.29, 0.717) is 36.0 Å². The van der Waals surface area contributed by atoms with E-state index in [9.17, 15) is 14.4 Å². The van der Waals surface area contributed by atoms with E-state index in [2.05, 4.69) is 9.97 Å². The molecule has 3 aliphatic heterocycles. The van der Waals surface area contributed by atoms with Gasteiger partial charge in [0, 0.05) is 18.0 Å². The van der Waals surface area contributed by atoms with E-state index in [1.54, 1.807) is 60.9 Å². The van der Waals surface area contributed by atoms with Crippen LogP contribution in [-0.4, -0.2) is 38.1 Å². The van der Waals surface area contributed by atoms with Gasteiger partial charge in [0.15, 0.2) is 23.1 Å². The third kappa shape index (κ3) is 3.64. The lowest BCUT2D eigenvalue weighted by atomic mass is 10.1. The van der Waals surface area contributed by atoms with Gasteiger partial charge in [-0.25, -0.2) is 4.79 Å². The summed E-state index contributed by atoms with van der Waals surface area (Å²) in [5.41, 5.74) is 0.0831. The van der Waals surface area contributed by atoms with Gasteiger partial charge in [-0.15, -0.1) is 0 Å². The van der Waals surface area contributed by atoms with Crippen LogP contribution in [0, 0.1) is 0 Å². The molecule has 0 saturated carbocycles. The number of hydrogen-bond acceptors (Lipinski definition) is 7. The lowest BCUT2D eigenvalue weighted by Crippen LogP contribution is -2.38. The van der Waals surface area contributed by atoms with Gasteiger partial charge in [0.05, 0.1) is 24.3 Å². The molecule has 9 nitrogen and oxygen atoms in total. The molecular formula is C23H18N4O5. The summed E-state index contributed by atoms with van der Waals surface area (Å²) < 4.78 is 13.6. The molecule has 160 valence electrons. The summed E-state index contributed by atoms with van der Waals surface area (Å²) in [5, 5.41) is 0. The second-order valence-electron chi connectivity index (χ2n) is 7.26. The predicted octanol–water partition coefficient (Wildman–Crippen LogP) is 1.61. The Morgan fingerprint density at radius 1 is 1.00 bits per heavy atom. The average molecular weight is 430 g/mol. The number of hydrogen-bond donors (Lipinski definition) is 0. The van der Waals surface area contributed by atoms with Crippen molar-refractivity contribution in [3.05, 3.63) is 93.0 Å². The molecule has 5 rings (SSSR count). The normalized spacial score (nSPS) is 12.6. The first-order valence-corrected chi connectivity index (χ1v) is 10.0. The van der Waals surface area contributed by atoms with Gasteiger partial charge < -0.3 is 14.0 Å². The smallest absolute Gasteiger partial charge is 0.352 e. The van der Waals surface area contributed by atoms with E-state index >= 15 is 0 Å². The zero-order valence-corrected chi connectivity index (χ0v) is 16.9. The minimum atomic E-state index is -0.695. The van der Waals surface area contributed by atoms with Gasteiger partial charge in [-0.3, -0.25) is 19.1 Å². The maximum Gasteiger partial charge on any atom is 0.352 e. The zero-order chi connectivity index (χ0) is 22.1. The van der Waals surface area contributed by atoms with Crippen molar-refractivity contribution in [2.24, 2.45) is 0 Å². The van der Waals surface area contributed by atoms with Gasteiger partial charge in [-0.2, -0.15) is 4.98 Å². The maximum atomic E-state index is 13.0. The molecule has 0 fully saturated rings. The second-order valence-corrected chi connectivity index (χ2v) is 7.26. The number of aromatic nitrogens is 4. The lowest BCUT2D eigenvalue weighted by molar-refractivity contribution is 0.0971. The van der Waals surface area contributed by atoms with Crippen LogP contribution in [0.4, 0.5) is 0 Å². The standard InChI is InChI=1S/C23H18N4O5/c28-18(15-6-7-19-20(12-15)32-11-10-31-19)14-26-9-3-5-17-21(26)25-23(30)27(22(17)29)13-16-4-1-2-8-24-16/h1-9,12H,10-11,13-14H2. The first kappa shape index (κ1) is 19.7. The van der Waals surface area contributed by atoms with Gasteiger partial charge in [0.1, 0.15) is 13.2 Å². The monoisotopic (exact) mass is 430 g/mol. The fourth-order valence-electron chi connectivity index (χ4n) is 3.60. The SMILES string of the molecule is O=C(Cn1cccc2c(=O)n(Cc3ccccn3)c(=O)nc1-2)c1ccc2c(c1)OCCO2. The average Bonchev–Trinajstić information content (AvgIpc) is 2.82. The van der Waals surface area contributed by atoms with Gasteiger partial charge in [0.25, 0.3) is 5.56 Å². The first-order valence-electron chi connectivity index (χ1n) is 10.0. The van der Waals surface area contributed by atoms with Crippen LogP contribution < -0.4 is 20.7 Å². The van der Waals surface area contributed by atoms with Crippen LogP contribution in [0.1, 0.15) is 16.1 Å². The summed E-state index contributed by atoms with van der Waals surface area (Å²) in [5.74, 6) is 1.05. The fraction of sp³-hybridized carbons (Fsp3) is 0.174. The maximum absolute atomic E-state index is 13.0. The minimum absolute atomic E-state index is 0.0203. The van der Waals surface area contributed by atoms with E-state index in [1.807, 2.05) is 0 Å². The van der Waals surface area contributed by atoms with Gasteiger partial charge in [0.2, 0.25) is 0 Å². The minimum Gasteiger partial charge on any atom is -0.486 e. The van der Waals surface area contributed by atoms with Crippen molar-refractivity contribution in [3.8, 4) is 22.9 Å². The molecule has 1 aromatic carbocycles. The summed E-state index contributed by atoms with van der Waals surface area (Å²) in [6, 6.07) is 13.5. The molecule has 0 spiro atoms. The molecule has 3 aliphatic rings. The van der Waals surface area contributed by atoms with Crippen LogP contribution in [0.25, 0.3) is 11.4 Å². The second kappa shape index (κ2) is 8.10. The Labute approximate surface area is 181 Å². The Morgan fingerprint density at radius 3 is 2.66 bits per heavy atom. The third-order valence-corrected chi connectivity index (χ3v) is 5.17. The summed E-state index contributed by atoms with van der Waals surface area (Å²) in [6.45, 7) is 0.816. The number of benzene rings is 1. The van der Waals surface area contributed by atoms with Gasteiger partial charge in [-0.05, 0) is 42.5 Å². The Morgan fingerprint density at radius 2 is 1.84 bits per heavy atom. The Hall–Kier alpha value is -4.27. The van der Waals surface area contributed by atoms with Crippen molar-refractivity contribution in [2.45, 2.75) is 13.1 Å². The number of pyridine rings is 2. The zero-order valence-electron chi connectivity index (χ0n) is 16.9. The molecule has 0 atom stereocenters. The van der Waals surface area contributed by atoms with Crippen LogP contribution in [0.2, 0.25) is 0 Å². The lowest BCUT2D eigenvalue weighted by Gasteiger charge is -2.19. The number of fused-ring (bicyclic) bond motifs is 2. The van der Waals surface area contributed by atoms with E-state index in [4.69, 9.17) is 9.47 Å². The highest BCUT2D eigenvalue weighted by Gasteiger charge is 2.20. The molecule has 0 aliphatic carbocycles. The molecule has 4 heterocycles. The predicted molar refractivity (Wildman–Crippen MR) is 114 cm³/mol. The van der Waals surface area contributed by atoms with Gasteiger partial charge in [-0.1, -0.05) is 6.07 Å². The molecule has 0 unspecified atom stereocenters. The van der Waals surface area contributed by atoms with Crippen LogP contribution in [0.3, 0.4) is 0 Å². The summed E-state index contributed by atoms with van der Waals surface area (Å²) >= 11 is 0. The molecule has 0 bridgehead atoms. The highest BCUT2D eigenvalue weighted by Crippen LogP contribution is 2.31. The number of Topliss-reactive ketones (excluding diaryl/α,β-unsaturated/α-hetero) is 1. The summed E-state index contributed by atoms with van der Waals surface area (Å²) in [4.78, 5) is 46.8. The van der Waals surface area contributed by atoms with E-state index in [-0.39, 0.29) is 30.3 Å². The van der Waals surface area contributed by atoms with E-state index in [1.165, 1.54) is 4.57 Å². The van der Waals surface area contributed by atoms with Crippen molar-refractivity contribution in [1.82, 2.24) is 19.1 Å². The molecule has 0 saturated heterocycles. The molecule has 2 aromatic rings. The van der Waals surface area contributed by atoms with Crippen molar-refractivity contribution < 1.29 is 14.3 Å². The molecule has 32 heavy (non-hydrogen) atoms. The Kier molecular flexibility index (Phi) is 4.98. The number of carbonyl (C=O) groups excluding carboxylic acids is 1. The van der Waals surface area contributed by atoms with E-state index < -0.39 is 11.2 Å². The number of rotatable bonds is 5. The van der Waals surface area contributed by atoms with Crippen molar-refractivity contribution >= 4 is 5.78 Å². The quantitative estimate of drug-likeness (QED) is 0.443. The molecule has 1 aromatic heterocycles. The number of carbonyl (C=O) groups is 1. The first-order chi connectivity index (χ1) is 15.6. The molecule has 0 N–H and O–H groups in total. The highest BCUT2D eigenvalue weighted by molar-refractivity contribution is 5.96. The van der Waals surface area contributed by atoms with Crippen LogP contribution >= 0.6 is 0 Å².